The van der Waals surface area contributed by atoms with E-state index in [2.05, 4.69) is 9.71 Å². The lowest BCUT2D eigenvalue weighted by Gasteiger charge is -1.97. The van der Waals surface area contributed by atoms with Crippen LogP contribution in [-0.2, 0) is 16.6 Å². The van der Waals surface area contributed by atoms with Gasteiger partial charge >= 0.3 is 0 Å². The molecule has 0 saturated carbocycles. The minimum atomic E-state index is -3.10. The van der Waals surface area contributed by atoms with Crippen molar-refractivity contribution in [1.82, 2.24) is 9.71 Å². The van der Waals surface area contributed by atoms with Crippen LogP contribution in [0.3, 0.4) is 0 Å². The molecule has 0 fully saturated rings. The summed E-state index contributed by atoms with van der Waals surface area (Å²) in [4.78, 5) is 4.11. The smallest absolute Gasteiger partial charge is 0.209 e. The summed E-state index contributed by atoms with van der Waals surface area (Å²) in [5.41, 5.74) is 0.767. The van der Waals surface area contributed by atoms with Crippen molar-refractivity contribution in [2.45, 2.75) is 13.5 Å². The Morgan fingerprint density at radius 2 is 2.33 bits per heavy atom. The minimum Gasteiger partial charge on any atom is -0.245 e. The average molecular weight is 206 g/mol. The number of aromatic nitrogens is 1. The Kier molecular flexibility index (Phi) is 2.81. The highest BCUT2D eigenvalue weighted by Crippen LogP contribution is 2.07. The Morgan fingerprint density at radius 3 is 2.75 bits per heavy atom. The van der Waals surface area contributed by atoms with Gasteiger partial charge in [0.15, 0.2) is 0 Å². The van der Waals surface area contributed by atoms with Crippen LogP contribution in [-0.4, -0.2) is 19.7 Å². The zero-order chi connectivity index (χ0) is 9.19. The summed E-state index contributed by atoms with van der Waals surface area (Å²) in [6, 6.07) is 0. The molecule has 0 radical (unpaired) electrons. The molecule has 68 valence electrons. The molecule has 0 spiro atoms. The van der Waals surface area contributed by atoms with Crippen LogP contribution in [0.25, 0.3) is 0 Å². The fraction of sp³-hybridized carbons (Fsp3) is 0.500. The molecule has 1 aromatic rings. The van der Waals surface area contributed by atoms with E-state index in [-0.39, 0.29) is 6.54 Å². The second kappa shape index (κ2) is 3.51. The molecule has 0 bridgehead atoms. The predicted octanol–water partition coefficient (Wildman–Crippen LogP) is 0.501. The summed E-state index contributed by atoms with van der Waals surface area (Å²) in [5, 5.41) is 2.79. The third kappa shape index (κ3) is 3.29. The summed E-state index contributed by atoms with van der Waals surface area (Å²) in [5.74, 6) is 0. The zero-order valence-electron chi connectivity index (χ0n) is 6.86. The van der Waals surface area contributed by atoms with Crippen molar-refractivity contribution in [2.75, 3.05) is 6.26 Å². The number of sulfonamides is 1. The molecule has 0 saturated heterocycles. The van der Waals surface area contributed by atoms with Crippen LogP contribution in [0.4, 0.5) is 0 Å². The SMILES string of the molecule is Cc1nc(CNS(C)(=O)=O)cs1. The van der Waals surface area contributed by atoms with Gasteiger partial charge in [-0.2, -0.15) is 0 Å². The number of thiazole rings is 1. The van der Waals surface area contributed by atoms with Crippen LogP contribution in [0, 0.1) is 6.92 Å². The first-order chi connectivity index (χ1) is 5.47. The summed E-state index contributed by atoms with van der Waals surface area (Å²) < 4.78 is 23.7. The molecule has 12 heavy (non-hydrogen) atoms. The normalized spacial score (nSPS) is 11.8. The van der Waals surface area contributed by atoms with Crippen LogP contribution in [0.15, 0.2) is 5.38 Å². The molecule has 0 aliphatic rings. The second-order valence-corrected chi connectivity index (χ2v) is 5.35. The number of nitrogens with one attached hydrogen (secondary N) is 1. The monoisotopic (exact) mass is 206 g/mol. The molecule has 1 rings (SSSR count). The minimum absolute atomic E-state index is 0.281. The third-order valence-electron chi connectivity index (χ3n) is 1.18. The predicted molar refractivity (Wildman–Crippen MR) is 48.5 cm³/mol. The Balaban J connectivity index is 2.55. The first-order valence-corrected chi connectivity index (χ1v) is 6.10. The fourth-order valence-electron chi connectivity index (χ4n) is 0.694. The van der Waals surface area contributed by atoms with Gasteiger partial charge in [-0.05, 0) is 6.92 Å². The number of nitrogens with zero attached hydrogens (tertiary/aromatic N) is 1. The molecule has 0 aliphatic carbocycles. The van der Waals surface area contributed by atoms with Gasteiger partial charge in [0.25, 0.3) is 0 Å². The Bertz CT molecular complexity index is 355. The number of aryl methyl sites for hydroxylation is 1. The summed E-state index contributed by atoms with van der Waals surface area (Å²) >= 11 is 1.51. The van der Waals surface area contributed by atoms with Crippen LogP contribution in [0.1, 0.15) is 10.7 Å². The van der Waals surface area contributed by atoms with Crippen molar-refractivity contribution in [3.8, 4) is 0 Å². The van der Waals surface area contributed by atoms with Crippen molar-refractivity contribution < 1.29 is 8.42 Å². The molecule has 1 N–H and O–H groups in total. The molecule has 1 aromatic heterocycles. The lowest BCUT2D eigenvalue weighted by Crippen LogP contribution is -2.21. The molecule has 4 nitrogen and oxygen atoms in total. The van der Waals surface area contributed by atoms with Gasteiger partial charge in [0, 0.05) is 5.38 Å². The van der Waals surface area contributed by atoms with Crippen molar-refractivity contribution >= 4 is 21.4 Å². The van der Waals surface area contributed by atoms with Gasteiger partial charge in [-0.15, -0.1) is 11.3 Å². The highest BCUT2D eigenvalue weighted by Gasteiger charge is 2.02. The summed E-state index contributed by atoms with van der Waals surface area (Å²) in [7, 11) is -3.10. The molecule has 0 amide bonds. The maximum atomic E-state index is 10.7. The van der Waals surface area contributed by atoms with Gasteiger partial charge in [-0.1, -0.05) is 0 Å². The second-order valence-electron chi connectivity index (χ2n) is 2.45. The standard InChI is InChI=1S/C6H10N2O2S2/c1-5-8-6(4-11-5)3-7-12(2,9)10/h4,7H,3H2,1-2H3. The van der Waals surface area contributed by atoms with E-state index in [0.717, 1.165) is 17.0 Å². The van der Waals surface area contributed by atoms with Crippen LogP contribution in [0.2, 0.25) is 0 Å². The number of hydrogen-bond acceptors (Lipinski definition) is 4. The van der Waals surface area contributed by atoms with Crippen molar-refractivity contribution in [1.29, 1.82) is 0 Å². The summed E-state index contributed by atoms with van der Waals surface area (Å²) in [6.45, 7) is 2.16. The Hall–Kier alpha value is -0.460. The molecule has 0 aromatic carbocycles. The van der Waals surface area contributed by atoms with Crippen molar-refractivity contribution in [3.05, 3.63) is 16.1 Å². The highest BCUT2D eigenvalue weighted by molar-refractivity contribution is 7.88. The number of hydrogen-bond donors (Lipinski definition) is 1. The van der Waals surface area contributed by atoms with E-state index in [0.29, 0.717) is 0 Å². The van der Waals surface area contributed by atoms with Gasteiger partial charge in [-0.3, -0.25) is 0 Å². The van der Waals surface area contributed by atoms with E-state index in [9.17, 15) is 8.42 Å². The van der Waals surface area contributed by atoms with E-state index < -0.39 is 10.0 Å². The van der Waals surface area contributed by atoms with Gasteiger partial charge < -0.3 is 0 Å². The Morgan fingerprint density at radius 1 is 1.67 bits per heavy atom. The van der Waals surface area contributed by atoms with E-state index in [4.69, 9.17) is 0 Å². The maximum Gasteiger partial charge on any atom is 0.209 e. The lowest BCUT2D eigenvalue weighted by atomic mass is 10.5. The molecule has 0 atom stereocenters. The Labute approximate surface area is 75.7 Å². The third-order valence-corrected chi connectivity index (χ3v) is 2.67. The topological polar surface area (TPSA) is 59.1 Å². The molecule has 1 heterocycles. The molecular weight excluding hydrogens is 196 g/mol. The molecule has 0 unspecified atom stereocenters. The van der Waals surface area contributed by atoms with Gasteiger partial charge in [0.05, 0.1) is 23.5 Å². The van der Waals surface area contributed by atoms with Gasteiger partial charge in [-0.25, -0.2) is 18.1 Å². The van der Waals surface area contributed by atoms with Crippen LogP contribution < -0.4 is 4.72 Å². The number of rotatable bonds is 3. The quantitative estimate of drug-likeness (QED) is 0.783. The van der Waals surface area contributed by atoms with E-state index in [1.165, 1.54) is 11.3 Å². The van der Waals surface area contributed by atoms with Gasteiger partial charge in [0.2, 0.25) is 10.0 Å². The first-order valence-electron chi connectivity index (χ1n) is 3.33. The molecule has 0 aliphatic heterocycles. The fourth-order valence-corrected chi connectivity index (χ4v) is 1.72. The van der Waals surface area contributed by atoms with E-state index in [1.807, 2.05) is 12.3 Å². The van der Waals surface area contributed by atoms with E-state index >= 15 is 0 Å². The lowest BCUT2D eigenvalue weighted by molar-refractivity contribution is 0.587. The zero-order valence-corrected chi connectivity index (χ0v) is 8.50. The first kappa shape index (κ1) is 9.63. The van der Waals surface area contributed by atoms with Crippen molar-refractivity contribution in [3.63, 3.8) is 0 Å². The molecule has 6 heteroatoms. The van der Waals surface area contributed by atoms with Crippen LogP contribution >= 0.6 is 11.3 Å². The van der Waals surface area contributed by atoms with Crippen molar-refractivity contribution in [2.24, 2.45) is 0 Å². The highest BCUT2D eigenvalue weighted by atomic mass is 32.2. The van der Waals surface area contributed by atoms with Gasteiger partial charge in [0.1, 0.15) is 0 Å². The molecular formula is C6H10N2O2S2. The summed E-state index contributed by atoms with van der Waals surface area (Å²) in [6.07, 6.45) is 1.13. The van der Waals surface area contributed by atoms with E-state index in [1.54, 1.807) is 0 Å². The van der Waals surface area contributed by atoms with Crippen LogP contribution in [0.5, 0.6) is 0 Å². The largest absolute Gasteiger partial charge is 0.245 e. The maximum absolute atomic E-state index is 10.7. The average Bonchev–Trinajstić information content (AvgIpc) is 2.30.